The Morgan fingerprint density at radius 3 is 2.53 bits per heavy atom. The number of rotatable bonds is 2. The maximum Gasteiger partial charge on any atom is 0.0612 e. The highest BCUT2D eigenvalue weighted by atomic mass is 35.5. The van der Waals surface area contributed by atoms with E-state index < -0.39 is 0 Å². The largest absolute Gasteiger partial charge is 0.385 e. The lowest BCUT2D eigenvalue weighted by molar-refractivity contribution is 0.664. The molecule has 1 unspecified atom stereocenters. The summed E-state index contributed by atoms with van der Waals surface area (Å²) in [6.07, 6.45) is 2.75. The Balaban J connectivity index is 0.000000202. The molecule has 0 aromatic heterocycles. The molecule has 2 rings (SSSR count). The number of hydrogen-bond donors (Lipinski definition) is 2. The predicted molar refractivity (Wildman–Crippen MR) is 77.3 cm³/mol. The molecule has 1 aliphatic rings. The first-order chi connectivity index (χ1) is 8.13. The van der Waals surface area contributed by atoms with Crippen molar-refractivity contribution in [1.29, 1.82) is 0 Å². The maximum absolute atomic E-state index is 5.78. The van der Waals surface area contributed by atoms with Gasteiger partial charge >= 0.3 is 0 Å². The monoisotopic (exact) mass is 274 g/mol. The van der Waals surface area contributed by atoms with Crippen LogP contribution in [0.1, 0.15) is 26.7 Å². The molecule has 0 aliphatic carbocycles. The zero-order valence-corrected chi connectivity index (χ0v) is 11.9. The first-order valence-electron chi connectivity index (χ1n) is 6.05. The lowest BCUT2D eigenvalue weighted by atomic mass is 10.3. The van der Waals surface area contributed by atoms with Crippen LogP contribution in [0.4, 0.5) is 5.69 Å². The summed E-state index contributed by atoms with van der Waals surface area (Å²) in [7, 11) is 0. The van der Waals surface area contributed by atoms with Crippen LogP contribution < -0.4 is 10.6 Å². The van der Waals surface area contributed by atoms with E-state index in [9.17, 15) is 0 Å². The Bertz CT molecular complexity index is 336. The first-order valence-corrected chi connectivity index (χ1v) is 6.81. The molecule has 4 heteroatoms. The Kier molecular flexibility index (Phi) is 6.71. The predicted octanol–water partition coefficient (Wildman–Crippen LogP) is 4.18. The van der Waals surface area contributed by atoms with Gasteiger partial charge in [0.25, 0.3) is 0 Å². The van der Waals surface area contributed by atoms with Crippen molar-refractivity contribution in [3.05, 3.63) is 28.2 Å². The molecule has 0 spiro atoms. The van der Waals surface area contributed by atoms with Crippen LogP contribution in [0.5, 0.6) is 0 Å². The van der Waals surface area contributed by atoms with Crippen LogP contribution in [-0.2, 0) is 0 Å². The van der Waals surface area contributed by atoms with Gasteiger partial charge in [0.05, 0.1) is 10.0 Å². The van der Waals surface area contributed by atoms with E-state index in [0.717, 1.165) is 18.3 Å². The second-order valence-electron chi connectivity index (χ2n) is 4.16. The molecule has 2 nitrogen and oxygen atoms in total. The summed E-state index contributed by atoms with van der Waals surface area (Å²) >= 11 is 11.5. The quantitative estimate of drug-likeness (QED) is 0.846. The number of anilines is 1. The molecule has 0 bridgehead atoms. The summed E-state index contributed by atoms with van der Waals surface area (Å²) in [5.41, 5.74) is 1.00. The van der Waals surface area contributed by atoms with Crippen LogP contribution in [0.15, 0.2) is 18.2 Å². The van der Waals surface area contributed by atoms with Crippen molar-refractivity contribution < 1.29 is 0 Å². The van der Waals surface area contributed by atoms with Crippen molar-refractivity contribution in [2.45, 2.75) is 32.7 Å². The van der Waals surface area contributed by atoms with Crippen molar-refractivity contribution in [3.63, 3.8) is 0 Å². The highest BCUT2D eigenvalue weighted by molar-refractivity contribution is 6.42. The molecule has 1 aromatic rings. The third-order valence-electron chi connectivity index (χ3n) is 2.61. The van der Waals surface area contributed by atoms with E-state index in [4.69, 9.17) is 23.2 Å². The van der Waals surface area contributed by atoms with Crippen molar-refractivity contribution in [2.75, 3.05) is 18.4 Å². The topological polar surface area (TPSA) is 24.1 Å². The van der Waals surface area contributed by atoms with Crippen LogP contribution in [0.3, 0.4) is 0 Å². The third kappa shape index (κ3) is 5.62. The van der Waals surface area contributed by atoms with Crippen molar-refractivity contribution in [1.82, 2.24) is 5.32 Å². The highest BCUT2D eigenvalue weighted by Gasteiger charge is 2.05. The van der Waals surface area contributed by atoms with Gasteiger partial charge in [-0.3, -0.25) is 0 Å². The Hall–Kier alpha value is -0.440. The second-order valence-corrected chi connectivity index (χ2v) is 4.97. The Morgan fingerprint density at radius 2 is 2.12 bits per heavy atom. The van der Waals surface area contributed by atoms with Crippen molar-refractivity contribution in [3.8, 4) is 0 Å². The minimum Gasteiger partial charge on any atom is -0.385 e. The summed E-state index contributed by atoms with van der Waals surface area (Å²) in [6.45, 7) is 6.38. The van der Waals surface area contributed by atoms with Crippen LogP contribution in [0.2, 0.25) is 10.0 Å². The number of hydrogen-bond acceptors (Lipinski definition) is 2. The number of benzene rings is 1. The van der Waals surface area contributed by atoms with Crippen LogP contribution >= 0.6 is 23.2 Å². The molecule has 1 heterocycles. The summed E-state index contributed by atoms with van der Waals surface area (Å²) in [4.78, 5) is 0. The highest BCUT2D eigenvalue weighted by Crippen LogP contribution is 2.24. The molecule has 17 heavy (non-hydrogen) atoms. The van der Waals surface area contributed by atoms with E-state index in [2.05, 4.69) is 17.6 Å². The van der Waals surface area contributed by atoms with Gasteiger partial charge in [-0.1, -0.05) is 23.2 Å². The number of nitrogens with one attached hydrogen (secondary N) is 2. The Morgan fingerprint density at radius 1 is 1.35 bits per heavy atom. The lowest BCUT2D eigenvalue weighted by Crippen LogP contribution is -2.16. The van der Waals surface area contributed by atoms with Crippen LogP contribution in [0.25, 0.3) is 0 Å². The lowest BCUT2D eigenvalue weighted by Gasteiger charge is -2.03. The molecule has 1 aliphatic heterocycles. The second kappa shape index (κ2) is 7.80. The van der Waals surface area contributed by atoms with Crippen LogP contribution in [-0.4, -0.2) is 19.1 Å². The van der Waals surface area contributed by atoms with Gasteiger partial charge in [0, 0.05) is 18.3 Å². The van der Waals surface area contributed by atoms with Gasteiger partial charge in [0.15, 0.2) is 0 Å². The first kappa shape index (κ1) is 14.6. The van der Waals surface area contributed by atoms with E-state index in [1.165, 1.54) is 19.4 Å². The molecular weight excluding hydrogens is 255 g/mol. The molecule has 96 valence electrons. The Labute approximate surface area is 114 Å². The third-order valence-corrected chi connectivity index (χ3v) is 3.35. The van der Waals surface area contributed by atoms with Gasteiger partial charge in [-0.05, 0) is 51.4 Å². The zero-order valence-electron chi connectivity index (χ0n) is 10.4. The fourth-order valence-electron chi connectivity index (χ4n) is 1.67. The fraction of sp³-hybridized carbons (Fsp3) is 0.538. The molecule has 0 radical (unpaired) electrons. The van der Waals surface area contributed by atoms with Crippen LogP contribution in [0, 0.1) is 0 Å². The van der Waals surface area contributed by atoms with E-state index in [0.29, 0.717) is 10.0 Å². The molecule has 1 atom stereocenters. The van der Waals surface area contributed by atoms with Crippen molar-refractivity contribution in [2.24, 2.45) is 0 Å². The number of halogens is 2. The van der Waals surface area contributed by atoms with Gasteiger partial charge < -0.3 is 10.6 Å². The average molecular weight is 275 g/mol. The van der Waals surface area contributed by atoms with Gasteiger partial charge in [0.1, 0.15) is 0 Å². The summed E-state index contributed by atoms with van der Waals surface area (Å²) in [6, 6.07) is 6.29. The van der Waals surface area contributed by atoms with E-state index in [-0.39, 0.29) is 0 Å². The molecule has 2 N–H and O–H groups in total. The molecular formula is C13H20Cl2N2. The smallest absolute Gasteiger partial charge is 0.0612 e. The minimum absolute atomic E-state index is 0.588. The summed E-state index contributed by atoms with van der Waals surface area (Å²) in [5.74, 6) is 0. The van der Waals surface area contributed by atoms with Gasteiger partial charge in [-0.25, -0.2) is 0 Å². The maximum atomic E-state index is 5.78. The van der Waals surface area contributed by atoms with E-state index >= 15 is 0 Å². The van der Waals surface area contributed by atoms with E-state index in [1.54, 1.807) is 6.07 Å². The minimum atomic E-state index is 0.588. The summed E-state index contributed by atoms with van der Waals surface area (Å²) in [5, 5.41) is 7.63. The average Bonchev–Trinajstić information content (AvgIpc) is 2.76. The van der Waals surface area contributed by atoms with Gasteiger partial charge in [-0.15, -0.1) is 0 Å². The van der Waals surface area contributed by atoms with Gasteiger partial charge in [0.2, 0.25) is 0 Å². The van der Waals surface area contributed by atoms with Crippen molar-refractivity contribution >= 4 is 28.9 Å². The SMILES string of the molecule is CC1CCCN1.CCNc1ccc(Cl)c(Cl)c1. The molecule has 1 aromatic carbocycles. The van der Waals surface area contributed by atoms with Gasteiger partial charge in [-0.2, -0.15) is 0 Å². The normalized spacial score (nSPS) is 18.5. The summed E-state index contributed by atoms with van der Waals surface area (Å²) < 4.78 is 0. The fourth-order valence-corrected chi connectivity index (χ4v) is 1.97. The zero-order chi connectivity index (χ0) is 12.7. The van der Waals surface area contributed by atoms with E-state index in [1.807, 2.05) is 19.1 Å². The standard InChI is InChI=1S/C8H9Cl2N.C5H11N/c1-2-11-6-3-4-7(9)8(10)5-6;1-5-3-2-4-6-5/h3-5,11H,2H2,1H3;5-6H,2-4H2,1H3. The molecule has 0 saturated carbocycles. The molecule has 1 fully saturated rings. The molecule has 1 saturated heterocycles. The molecule has 0 amide bonds.